The normalized spacial score (nSPS) is 10.2. The van der Waals surface area contributed by atoms with Gasteiger partial charge in [0, 0.05) is 12.8 Å². The molecule has 1 aromatic rings. The van der Waals surface area contributed by atoms with E-state index in [1.807, 2.05) is 7.05 Å². The van der Waals surface area contributed by atoms with E-state index in [-0.39, 0.29) is 0 Å². The third kappa shape index (κ3) is 2.02. The highest BCUT2D eigenvalue weighted by Gasteiger charge is 1.95. The van der Waals surface area contributed by atoms with Gasteiger partial charge in [0.15, 0.2) is 0 Å². The van der Waals surface area contributed by atoms with Crippen LogP contribution in [0.4, 0.5) is 0 Å². The maximum atomic E-state index is 4.12. The summed E-state index contributed by atoms with van der Waals surface area (Å²) in [6, 6.07) is 0. The Morgan fingerprint density at radius 3 is 3.00 bits per heavy atom. The quantitative estimate of drug-likeness (QED) is 0.620. The van der Waals surface area contributed by atoms with E-state index in [9.17, 15) is 0 Å². The molecule has 0 saturated heterocycles. The summed E-state index contributed by atoms with van der Waals surface area (Å²) < 4.78 is 1.72. The number of nitrogens with zero attached hydrogens (tertiary/aromatic N) is 3. The smallest absolute Gasteiger partial charge is 0.208 e. The van der Waals surface area contributed by atoms with Crippen LogP contribution in [0.3, 0.4) is 0 Å². The van der Waals surface area contributed by atoms with Crippen molar-refractivity contribution >= 4 is 11.8 Å². The fourth-order valence-electron chi connectivity index (χ4n) is 0.579. The van der Waals surface area contributed by atoms with Crippen LogP contribution in [0, 0.1) is 0 Å². The molecule has 0 aliphatic heterocycles. The molecule has 0 spiro atoms. The van der Waals surface area contributed by atoms with Crippen LogP contribution in [-0.2, 0) is 7.05 Å². The summed E-state index contributed by atoms with van der Waals surface area (Å²) in [6.07, 6.45) is 2.89. The second-order valence-corrected chi connectivity index (χ2v) is 3.11. The molecule has 0 saturated carbocycles. The molecule has 0 fully saturated rings. The molecule has 56 valence electrons. The zero-order chi connectivity index (χ0) is 7.40. The van der Waals surface area contributed by atoms with Crippen molar-refractivity contribution in [2.45, 2.75) is 18.5 Å². The average molecular weight is 157 g/mol. The highest BCUT2D eigenvalue weighted by molar-refractivity contribution is 7.99. The summed E-state index contributed by atoms with van der Waals surface area (Å²) in [4.78, 5) is 4.07. The monoisotopic (exact) mass is 157 g/mol. The van der Waals surface area contributed by atoms with Crippen LogP contribution in [0.1, 0.15) is 13.3 Å². The van der Waals surface area contributed by atoms with E-state index >= 15 is 0 Å². The maximum absolute atomic E-state index is 4.12. The fraction of sp³-hybridized carbons (Fsp3) is 0.667. The van der Waals surface area contributed by atoms with Gasteiger partial charge in [-0.05, 0) is 6.42 Å². The van der Waals surface area contributed by atoms with Gasteiger partial charge in [-0.1, -0.05) is 18.7 Å². The molecule has 0 aromatic carbocycles. The molecule has 0 aliphatic rings. The van der Waals surface area contributed by atoms with Crippen molar-refractivity contribution in [2.75, 3.05) is 5.75 Å². The van der Waals surface area contributed by atoms with Crippen molar-refractivity contribution in [1.82, 2.24) is 14.8 Å². The molecular weight excluding hydrogens is 146 g/mol. The van der Waals surface area contributed by atoms with Crippen molar-refractivity contribution in [2.24, 2.45) is 7.05 Å². The van der Waals surface area contributed by atoms with Crippen LogP contribution in [0.5, 0.6) is 0 Å². The Bertz CT molecular complexity index is 197. The fourth-order valence-corrected chi connectivity index (χ4v) is 1.27. The van der Waals surface area contributed by atoms with Gasteiger partial charge in [-0.25, -0.2) is 4.98 Å². The molecule has 1 rings (SSSR count). The van der Waals surface area contributed by atoms with Gasteiger partial charge in [0.1, 0.15) is 6.33 Å². The van der Waals surface area contributed by atoms with Crippen LogP contribution >= 0.6 is 11.8 Å². The first-order valence-corrected chi connectivity index (χ1v) is 4.30. The molecule has 1 aromatic heterocycles. The molecule has 0 aliphatic carbocycles. The molecule has 0 amide bonds. The SMILES string of the molecule is CCCSc1ncn(C)n1. The summed E-state index contributed by atoms with van der Waals surface area (Å²) in [6.45, 7) is 2.15. The van der Waals surface area contributed by atoms with E-state index < -0.39 is 0 Å². The lowest BCUT2D eigenvalue weighted by molar-refractivity contribution is 0.737. The third-order valence-corrected chi connectivity index (χ3v) is 2.07. The van der Waals surface area contributed by atoms with Crippen molar-refractivity contribution in [3.63, 3.8) is 0 Å². The summed E-state index contributed by atoms with van der Waals surface area (Å²) in [5, 5.41) is 5.00. The summed E-state index contributed by atoms with van der Waals surface area (Å²) in [5.41, 5.74) is 0. The van der Waals surface area contributed by atoms with Crippen molar-refractivity contribution in [3.05, 3.63) is 6.33 Å². The van der Waals surface area contributed by atoms with Gasteiger partial charge in [-0.15, -0.1) is 5.10 Å². The van der Waals surface area contributed by atoms with Crippen LogP contribution in [0.25, 0.3) is 0 Å². The topological polar surface area (TPSA) is 30.7 Å². The molecule has 10 heavy (non-hydrogen) atoms. The Kier molecular flexibility index (Phi) is 2.74. The minimum absolute atomic E-state index is 0.879. The first-order chi connectivity index (χ1) is 4.83. The second-order valence-electron chi connectivity index (χ2n) is 2.05. The van der Waals surface area contributed by atoms with E-state index in [1.54, 1.807) is 22.8 Å². The van der Waals surface area contributed by atoms with Crippen molar-refractivity contribution in [1.29, 1.82) is 0 Å². The Morgan fingerprint density at radius 1 is 1.70 bits per heavy atom. The lowest BCUT2D eigenvalue weighted by Crippen LogP contribution is -1.86. The predicted molar refractivity (Wildman–Crippen MR) is 42.0 cm³/mol. The zero-order valence-electron chi connectivity index (χ0n) is 6.24. The standard InChI is InChI=1S/C6H11N3S/c1-3-4-10-6-7-5-9(2)8-6/h5H,3-4H2,1-2H3. The number of rotatable bonds is 3. The lowest BCUT2D eigenvalue weighted by atomic mass is 10.6. The van der Waals surface area contributed by atoms with Gasteiger partial charge in [-0.2, -0.15) is 0 Å². The second kappa shape index (κ2) is 3.61. The lowest BCUT2D eigenvalue weighted by Gasteiger charge is -1.88. The van der Waals surface area contributed by atoms with Crippen LogP contribution < -0.4 is 0 Å². The molecule has 0 unspecified atom stereocenters. The summed E-state index contributed by atoms with van der Waals surface area (Å²) >= 11 is 1.70. The van der Waals surface area contributed by atoms with E-state index in [4.69, 9.17) is 0 Å². The van der Waals surface area contributed by atoms with Crippen LogP contribution in [-0.4, -0.2) is 20.5 Å². The van der Waals surface area contributed by atoms with E-state index in [0.29, 0.717) is 0 Å². The number of hydrogen-bond donors (Lipinski definition) is 0. The molecule has 0 N–H and O–H groups in total. The molecule has 0 radical (unpaired) electrons. The molecule has 4 heteroatoms. The van der Waals surface area contributed by atoms with Gasteiger partial charge >= 0.3 is 0 Å². The van der Waals surface area contributed by atoms with Crippen LogP contribution in [0.15, 0.2) is 11.5 Å². The number of thioether (sulfide) groups is 1. The first kappa shape index (κ1) is 7.60. The van der Waals surface area contributed by atoms with E-state index in [0.717, 1.165) is 10.9 Å². The molecule has 0 bridgehead atoms. The van der Waals surface area contributed by atoms with Gasteiger partial charge < -0.3 is 0 Å². The third-order valence-electron chi connectivity index (χ3n) is 1.01. The Labute approximate surface area is 64.8 Å². The predicted octanol–water partition coefficient (Wildman–Crippen LogP) is 1.32. The van der Waals surface area contributed by atoms with Crippen molar-refractivity contribution in [3.8, 4) is 0 Å². The number of hydrogen-bond acceptors (Lipinski definition) is 3. The summed E-state index contributed by atoms with van der Waals surface area (Å²) in [7, 11) is 1.88. The van der Waals surface area contributed by atoms with Gasteiger partial charge in [0.2, 0.25) is 5.16 Å². The molecular formula is C6H11N3S. The summed E-state index contributed by atoms with van der Waals surface area (Å²) in [5.74, 6) is 1.10. The Balaban J connectivity index is 2.42. The van der Waals surface area contributed by atoms with Gasteiger partial charge in [-0.3, -0.25) is 4.68 Å². The van der Waals surface area contributed by atoms with E-state index in [1.165, 1.54) is 6.42 Å². The minimum atomic E-state index is 0.879. The Hall–Kier alpha value is -0.510. The van der Waals surface area contributed by atoms with Gasteiger partial charge in [0.05, 0.1) is 0 Å². The van der Waals surface area contributed by atoms with E-state index in [2.05, 4.69) is 17.0 Å². The molecule has 1 heterocycles. The highest BCUT2D eigenvalue weighted by Crippen LogP contribution is 2.11. The number of aryl methyl sites for hydroxylation is 1. The first-order valence-electron chi connectivity index (χ1n) is 3.31. The molecule has 0 atom stereocenters. The minimum Gasteiger partial charge on any atom is -0.255 e. The maximum Gasteiger partial charge on any atom is 0.208 e. The molecule has 3 nitrogen and oxygen atoms in total. The highest BCUT2D eigenvalue weighted by atomic mass is 32.2. The largest absolute Gasteiger partial charge is 0.255 e. The van der Waals surface area contributed by atoms with Crippen LogP contribution in [0.2, 0.25) is 0 Å². The van der Waals surface area contributed by atoms with Crippen molar-refractivity contribution < 1.29 is 0 Å². The van der Waals surface area contributed by atoms with Gasteiger partial charge in [0.25, 0.3) is 0 Å². The average Bonchev–Trinajstić information content (AvgIpc) is 2.31. The zero-order valence-corrected chi connectivity index (χ0v) is 7.06. The number of aromatic nitrogens is 3. The Morgan fingerprint density at radius 2 is 2.50 bits per heavy atom.